The van der Waals surface area contributed by atoms with E-state index in [9.17, 15) is 25.2 Å². The summed E-state index contributed by atoms with van der Waals surface area (Å²) in [6.07, 6.45) is -4.91. The molecule has 8 heteroatoms. The number of esters is 1. The molecule has 0 aromatic heterocycles. The summed E-state index contributed by atoms with van der Waals surface area (Å²) < 4.78 is 4.55. The molecule has 0 aliphatic carbocycles. The van der Waals surface area contributed by atoms with Crippen LogP contribution in [0, 0.1) is 0 Å². The van der Waals surface area contributed by atoms with Crippen LogP contribution in [0.1, 0.15) is 45.4 Å². The Balaban J connectivity index is 4.12. The van der Waals surface area contributed by atoms with Gasteiger partial charge in [-0.2, -0.15) is 0 Å². The van der Waals surface area contributed by atoms with Crippen LogP contribution >= 0.6 is 0 Å². The molecule has 0 saturated carbocycles. The average molecular weight is 324 g/mol. The lowest BCUT2D eigenvalue weighted by Crippen LogP contribution is -2.50. The van der Waals surface area contributed by atoms with E-state index in [2.05, 4.69) is 11.7 Å². The first kappa shape index (κ1) is 21.2. The Morgan fingerprint density at radius 1 is 0.909 bits per heavy atom. The van der Waals surface area contributed by atoms with E-state index in [1.165, 1.54) is 0 Å². The largest absolute Gasteiger partial charge is 0.433 e. The highest BCUT2D eigenvalue weighted by Crippen LogP contribution is 2.11. The second-order valence-electron chi connectivity index (χ2n) is 5.27. The van der Waals surface area contributed by atoms with Crippen LogP contribution in [0.3, 0.4) is 0 Å². The first-order chi connectivity index (χ1) is 10.3. The zero-order chi connectivity index (χ0) is 17.1. The third-order valence-corrected chi connectivity index (χ3v) is 3.31. The zero-order valence-corrected chi connectivity index (χ0v) is 12.8. The second kappa shape index (κ2) is 11.8. The van der Waals surface area contributed by atoms with Gasteiger partial charge in [0, 0.05) is 6.42 Å². The van der Waals surface area contributed by atoms with E-state index in [4.69, 9.17) is 10.2 Å². The highest BCUT2D eigenvalue weighted by Gasteiger charge is 2.35. The van der Waals surface area contributed by atoms with Gasteiger partial charge in [-0.25, -0.2) is 0 Å². The summed E-state index contributed by atoms with van der Waals surface area (Å²) in [5.41, 5.74) is 0. The van der Waals surface area contributed by atoms with Gasteiger partial charge in [-0.1, -0.05) is 32.6 Å². The number of carbonyl (C=O) groups excluding carboxylic acids is 1. The number of hydrogen-bond acceptors (Lipinski definition) is 8. The van der Waals surface area contributed by atoms with Crippen molar-refractivity contribution in [3.8, 4) is 0 Å². The Bertz CT molecular complexity index is 299. The van der Waals surface area contributed by atoms with Crippen molar-refractivity contribution in [3.05, 3.63) is 0 Å². The third-order valence-electron chi connectivity index (χ3n) is 3.31. The first-order valence-corrected chi connectivity index (χ1v) is 7.55. The third kappa shape index (κ3) is 8.02. The van der Waals surface area contributed by atoms with Gasteiger partial charge in [0.2, 0.25) is 6.29 Å². The number of aliphatic hydroxyl groups excluding tert-OH is 6. The number of ether oxygens (including phenoxy) is 1. The lowest BCUT2D eigenvalue weighted by Gasteiger charge is -2.28. The van der Waals surface area contributed by atoms with E-state index in [0.717, 1.165) is 25.7 Å². The molecular weight excluding hydrogens is 296 g/mol. The fourth-order valence-corrected chi connectivity index (χ4v) is 1.84. The predicted molar refractivity (Wildman–Crippen MR) is 76.6 cm³/mol. The van der Waals surface area contributed by atoms with E-state index >= 15 is 0 Å². The molecule has 8 nitrogen and oxygen atoms in total. The van der Waals surface area contributed by atoms with Crippen LogP contribution in [0.2, 0.25) is 0 Å². The highest BCUT2D eigenvalue weighted by atomic mass is 16.6. The molecule has 0 rings (SSSR count). The van der Waals surface area contributed by atoms with Gasteiger partial charge in [0.05, 0.1) is 6.61 Å². The Morgan fingerprint density at radius 2 is 1.50 bits per heavy atom. The Hall–Kier alpha value is -0.770. The molecule has 0 aliphatic heterocycles. The maximum absolute atomic E-state index is 11.4. The average Bonchev–Trinajstić information content (AvgIpc) is 2.51. The summed E-state index contributed by atoms with van der Waals surface area (Å²) >= 11 is 0. The normalized spacial score (nSPS) is 18.3. The molecule has 22 heavy (non-hydrogen) atoms. The molecule has 0 bridgehead atoms. The summed E-state index contributed by atoms with van der Waals surface area (Å²) in [6.45, 7) is 1.23. The lowest BCUT2D eigenvalue weighted by atomic mass is 10.0. The van der Waals surface area contributed by atoms with Gasteiger partial charge in [-0.05, 0) is 6.42 Å². The van der Waals surface area contributed by atoms with Crippen LogP contribution in [0.15, 0.2) is 0 Å². The van der Waals surface area contributed by atoms with E-state index < -0.39 is 43.3 Å². The van der Waals surface area contributed by atoms with Crippen LogP contribution in [0.4, 0.5) is 0 Å². The number of aliphatic hydroxyl groups is 6. The number of rotatable bonds is 12. The van der Waals surface area contributed by atoms with Crippen LogP contribution in [0.5, 0.6) is 0 Å². The molecule has 6 N–H and O–H groups in total. The van der Waals surface area contributed by atoms with Crippen molar-refractivity contribution in [3.63, 3.8) is 0 Å². The topological polar surface area (TPSA) is 148 Å². The van der Waals surface area contributed by atoms with Crippen LogP contribution < -0.4 is 0 Å². The van der Waals surface area contributed by atoms with E-state index in [1.807, 2.05) is 0 Å². The van der Waals surface area contributed by atoms with Crippen molar-refractivity contribution >= 4 is 5.97 Å². The smallest absolute Gasteiger partial charge is 0.308 e. The maximum Gasteiger partial charge on any atom is 0.308 e. The maximum atomic E-state index is 11.4. The second-order valence-corrected chi connectivity index (χ2v) is 5.27. The molecule has 0 fully saturated rings. The minimum absolute atomic E-state index is 0.0748. The lowest BCUT2D eigenvalue weighted by molar-refractivity contribution is -0.213. The molecule has 0 amide bonds. The molecule has 0 saturated heterocycles. The van der Waals surface area contributed by atoms with Crippen molar-refractivity contribution in [2.24, 2.45) is 0 Å². The summed E-state index contributed by atoms with van der Waals surface area (Å²) in [5, 5.41) is 55.7. The van der Waals surface area contributed by atoms with Gasteiger partial charge in [0.1, 0.15) is 24.4 Å². The molecule has 5 atom stereocenters. The number of unbranched alkanes of at least 4 members (excludes halogenated alkanes) is 4. The van der Waals surface area contributed by atoms with Gasteiger partial charge in [0.15, 0.2) is 0 Å². The molecule has 132 valence electrons. The van der Waals surface area contributed by atoms with Gasteiger partial charge in [0.25, 0.3) is 0 Å². The molecule has 0 aromatic rings. The first-order valence-electron chi connectivity index (χ1n) is 7.55. The van der Waals surface area contributed by atoms with Crippen molar-refractivity contribution in [1.82, 2.24) is 0 Å². The highest BCUT2D eigenvalue weighted by molar-refractivity contribution is 5.69. The molecule has 0 heterocycles. The van der Waals surface area contributed by atoms with Gasteiger partial charge in [-0.15, -0.1) is 0 Å². The van der Waals surface area contributed by atoms with Crippen molar-refractivity contribution in [1.29, 1.82) is 0 Å². The SMILES string of the molecule is CCCCCCCC(=O)OC(O)[C@H](O)[C@H](O)[C@H](O)[C@@H](O)CO. The number of hydrogen-bond donors (Lipinski definition) is 6. The number of carbonyl (C=O) groups is 1. The summed E-state index contributed by atoms with van der Waals surface area (Å²) in [5.74, 6) is -0.729. The molecule has 1 unspecified atom stereocenters. The summed E-state index contributed by atoms with van der Waals surface area (Å²) in [7, 11) is 0. The van der Waals surface area contributed by atoms with Gasteiger partial charge >= 0.3 is 5.97 Å². The van der Waals surface area contributed by atoms with Crippen molar-refractivity contribution in [2.45, 2.75) is 76.2 Å². The zero-order valence-electron chi connectivity index (χ0n) is 12.8. The molecular formula is C14H28O8. The molecule has 0 spiro atoms. The standard InChI is InChI=1S/C14H28O8/c1-2-3-4-5-6-7-10(17)22-14(21)13(20)12(19)11(18)9(16)8-15/h9,11-16,18-21H,2-8H2,1H3/t9-,11+,12+,13+,14?/m0/s1. The molecule has 0 aromatic carbocycles. The Morgan fingerprint density at radius 3 is 2.05 bits per heavy atom. The van der Waals surface area contributed by atoms with E-state index in [0.29, 0.717) is 6.42 Å². The van der Waals surface area contributed by atoms with Crippen molar-refractivity contribution in [2.75, 3.05) is 6.61 Å². The summed E-state index contributed by atoms with van der Waals surface area (Å²) in [4.78, 5) is 11.4. The van der Waals surface area contributed by atoms with E-state index in [-0.39, 0.29) is 6.42 Å². The molecule has 0 aliphatic rings. The van der Waals surface area contributed by atoms with Crippen LogP contribution in [-0.2, 0) is 9.53 Å². The van der Waals surface area contributed by atoms with Crippen molar-refractivity contribution < 1.29 is 40.2 Å². The Kier molecular flexibility index (Phi) is 11.3. The van der Waals surface area contributed by atoms with Gasteiger partial charge < -0.3 is 35.4 Å². The van der Waals surface area contributed by atoms with E-state index in [1.54, 1.807) is 0 Å². The monoisotopic (exact) mass is 324 g/mol. The fourth-order valence-electron chi connectivity index (χ4n) is 1.84. The van der Waals surface area contributed by atoms with Crippen LogP contribution in [-0.4, -0.2) is 73.9 Å². The fraction of sp³-hybridized carbons (Fsp3) is 0.929. The minimum atomic E-state index is -2.03. The summed E-state index contributed by atoms with van der Waals surface area (Å²) in [6, 6.07) is 0. The predicted octanol–water partition coefficient (Wildman–Crippen LogP) is -1.36. The molecule has 0 radical (unpaired) electrons. The minimum Gasteiger partial charge on any atom is -0.433 e. The Labute approximate surface area is 130 Å². The quantitative estimate of drug-likeness (QED) is 0.147. The van der Waals surface area contributed by atoms with Crippen LogP contribution in [0.25, 0.3) is 0 Å². The van der Waals surface area contributed by atoms with Gasteiger partial charge in [-0.3, -0.25) is 4.79 Å².